The summed E-state index contributed by atoms with van der Waals surface area (Å²) in [6, 6.07) is 0. The van der Waals surface area contributed by atoms with Crippen molar-refractivity contribution in [3.05, 3.63) is 0 Å². The molecular formula is H3CaCrFeK. The summed E-state index contributed by atoms with van der Waals surface area (Å²) >= 11 is 0. The van der Waals surface area contributed by atoms with Crippen LogP contribution in [0.3, 0.4) is 0 Å². The summed E-state index contributed by atoms with van der Waals surface area (Å²) in [5.41, 5.74) is 0. The first-order valence-electron chi connectivity index (χ1n) is 0. The predicted octanol–water partition coefficient (Wildman–Crippen LogP) is -3.04. The average Bonchev–Trinajstić information content (AvgIpc) is 0. The summed E-state index contributed by atoms with van der Waals surface area (Å²) in [5.74, 6) is 0. The number of hydrogen-bond acceptors (Lipinski definition) is 0. The van der Waals surface area contributed by atoms with E-state index in [4.69, 9.17) is 0 Å². The molecular weight excluding hydrogens is 187 g/mol. The molecule has 0 bridgehead atoms. The van der Waals surface area contributed by atoms with Gasteiger partial charge in [-0.05, 0) is 0 Å². The second kappa shape index (κ2) is 15.8. The molecule has 0 aliphatic carbocycles. The van der Waals surface area contributed by atoms with Crippen molar-refractivity contribution in [2.45, 2.75) is 0 Å². The van der Waals surface area contributed by atoms with E-state index in [1.807, 2.05) is 0 Å². The fourth-order valence-corrected chi connectivity index (χ4v) is 0. The molecule has 0 radical (unpaired) electrons. The second-order valence-corrected chi connectivity index (χ2v) is 0. The van der Waals surface area contributed by atoms with Gasteiger partial charge in [-0.25, -0.2) is 0 Å². The van der Waals surface area contributed by atoms with Crippen molar-refractivity contribution in [1.29, 1.82) is 0 Å². The summed E-state index contributed by atoms with van der Waals surface area (Å²) in [7, 11) is 0. The SMILES string of the molecule is [Ca+2].[Cr].[Fe].[H-].[H-].[H-].[K+]. The molecule has 0 saturated carbocycles. The van der Waals surface area contributed by atoms with Crippen molar-refractivity contribution in [2.75, 3.05) is 0 Å². The molecule has 0 saturated heterocycles. The van der Waals surface area contributed by atoms with E-state index in [1.54, 1.807) is 0 Å². The van der Waals surface area contributed by atoms with Crippen LogP contribution in [0.25, 0.3) is 0 Å². The molecule has 0 heterocycles. The minimum absolute atomic E-state index is 0. The van der Waals surface area contributed by atoms with Crippen molar-refractivity contribution in [2.24, 2.45) is 0 Å². The third-order valence-electron chi connectivity index (χ3n) is 0. The second-order valence-electron chi connectivity index (χ2n) is 0. The molecule has 0 atom stereocenters. The van der Waals surface area contributed by atoms with Crippen LogP contribution in [0.2, 0.25) is 0 Å². The van der Waals surface area contributed by atoms with E-state index >= 15 is 0 Å². The van der Waals surface area contributed by atoms with E-state index in [9.17, 15) is 0 Å². The normalized spacial score (nSPS) is 0. The summed E-state index contributed by atoms with van der Waals surface area (Å²) in [4.78, 5) is 0. The van der Waals surface area contributed by atoms with Crippen LogP contribution < -0.4 is 51.4 Å². The van der Waals surface area contributed by atoms with Crippen LogP contribution in [0.1, 0.15) is 4.28 Å². The van der Waals surface area contributed by atoms with Crippen LogP contribution in [0, 0.1) is 0 Å². The predicted molar refractivity (Wildman–Crippen MR) is 9.09 cm³/mol. The molecule has 20 valence electrons. The van der Waals surface area contributed by atoms with Crippen LogP contribution in [0.4, 0.5) is 0 Å². The third-order valence-corrected chi connectivity index (χ3v) is 0. The first-order chi connectivity index (χ1) is 0. The van der Waals surface area contributed by atoms with Gasteiger partial charge in [-0.2, -0.15) is 0 Å². The number of rotatable bonds is 0. The average molecular weight is 190 g/mol. The van der Waals surface area contributed by atoms with Crippen molar-refractivity contribution < 1.29 is 90.1 Å². The maximum Gasteiger partial charge on any atom is 2.00 e. The van der Waals surface area contributed by atoms with Crippen molar-refractivity contribution >= 4 is 37.7 Å². The zero-order chi connectivity index (χ0) is 0. The molecule has 0 spiro atoms. The Labute approximate surface area is 124 Å². The van der Waals surface area contributed by atoms with E-state index in [1.165, 1.54) is 0 Å². The molecule has 0 fully saturated rings. The van der Waals surface area contributed by atoms with Gasteiger partial charge < -0.3 is 4.28 Å². The Morgan fingerprint density at radius 3 is 1.25 bits per heavy atom. The van der Waals surface area contributed by atoms with Gasteiger partial charge in [0, 0.05) is 34.4 Å². The molecule has 0 unspecified atom stereocenters. The molecule has 0 amide bonds. The van der Waals surface area contributed by atoms with E-state index < -0.39 is 0 Å². The molecule has 0 aromatic rings. The Hall–Kier alpha value is 3.95. The minimum Gasteiger partial charge on any atom is -1.00 e. The molecule has 0 nitrogen and oxygen atoms in total. The van der Waals surface area contributed by atoms with Gasteiger partial charge in [-0.1, -0.05) is 0 Å². The van der Waals surface area contributed by atoms with Crippen LogP contribution in [-0.4, -0.2) is 37.7 Å². The fourth-order valence-electron chi connectivity index (χ4n) is 0. The first-order valence-corrected chi connectivity index (χ1v) is 0. The topological polar surface area (TPSA) is 0 Å². The monoisotopic (exact) mass is 190 g/mol. The largest absolute Gasteiger partial charge is 2.00 e. The van der Waals surface area contributed by atoms with Crippen LogP contribution in [0.5, 0.6) is 0 Å². The first kappa shape index (κ1) is 24.6. The van der Waals surface area contributed by atoms with E-state index in [-0.39, 0.29) is 128 Å². The van der Waals surface area contributed by atoms with Gasteiger partial charge in [0.15, 0.2) is 0 Å². The van der Waals surface area contributed by atoms with Gasteiger partial charge in [0.2, 0.25) is 0 Å². The Morgan fingerprint density at radius 1 is 1.25 bits per heavy atom. The van der Waals surface area contributed by atoms with Gasteiger partial charge in [0.25, 0.3) is 0 Å². The van der Waals surface area contributed by atoms with Crippen LogP contribution in [-0.2, 0) is 34.4 Å². The quantitative estimate of drug-likeness (QED) is 0.356. The Morgan fingerprint density at radius 2 is 1.25 bits per heavy atom. The van der Waals surface area contributed by atoms with Crippen molar-refractivity contribution in [1.82, 2.24) is 0 Å². The summed E-state index contributed by atoms with van der Waals surface area (Å²) < 4.78 is 0. The Bertz CT molecular complexity index is 14.9. The third kappa shape index (κ3) is 9.34. The molecule has 0 aromatic carbocycles. The smallest absolute Gasteiger partial charge is 1.00 e. The van der Waals surface area contributed by atoms with Gasteiger partial charge in [0.1, 0.15) is 0 Å². The van der Waals surface area contributed by atoms with Crippen molar-refractivity contribution in [3.8, 4) is 0 Å². The maximum atomic E-state index is 0. The zero-order valence-electron chi connectivity index (χ0n) is 5.47. The van der Waals surface area contributed by atoms with E-state index in [0.717, 1.165) is 0 Å². The fraction of sp³-hybridized carbons (Fsp3) is 0. The maximum absolute atomic E-state index is 0. The van der Waals surface area contributed by atoms with E-state index in [2.05, 4.69) is 0 Å². The number of hydrogen-bond donors (Lipinski definition) is 0. The Balaban J connectivity index is 0. The van der Waals surface area contributed by atoms with Gasteiger partial charge in [0.05, 0.1) is 0 Å². The van der Waals surface area contributed by atoms with Gasteiger partial charge in [-0.15, -0.1) is 0 Å². The molecule has 0 N–H and O–H groups in total. The zero-order valence-corrected chi connectivity index (χ0v) is 10.2. The Kier molecular flexibility index (Phi) is 97.1. The van der Waals surface area contributed by atoms with Crippen LogP contribution in [0.15, 0.2) is 0 Å². The van der Waals surface area contributed by atoms with Gasteiger partial charge in [-0.3, -0.25) is 0 Å². The standard InChI is InChI=1S/Ca.Cr.Fe.K.3H/q+2;;;+1;3*-1. The summed E-state index contributed by atoms with van der Waals surface area (Å²) in [6.45, 7) is 0. The molecule has 0 aromatic heterocycles. The molecule has 0 aliphatic heterocycles. The van der Waals surface area contributed by atoms with Gasteiger partial charge >= 0.3 is 89.1 Å². The molecule has 4 heteroatoms. The molecule has 0 rings (SSSR count). The summed E-state index contributed by atoms with van der Waals surface area (Å²) in [5, 5.41) is 0. The summed E-state index contributed by atoms with van der Waals surface area (Å²) in [6.07, 6.45) is 0. The van der Waals surface area contributed by atoms with Crippen LogP contribution >= 0.6 is 0 Å². The molecule has 4 heavy (non-hydrogen) atoms. The van der Waals surface area contributed by atoms with Crippen molar-refractivity contribution in [3.63, 3.8) is 0 Å². The minimum atomic E-state index is 0. The van der Waals surface area contributed by atoms with E-state index in [0.29, 0.717) is 0 Å². The molecule has 0 aliphatic rings.